The molecule has 0 nitrogen and oxygen atoms in total. The van der Waals surface area contributed by atoms with Crippen LogP contribution in [0.25, 0.3) is 0 Å². The Balaban J connectivity index is 5.23. The van der Waals surface area contributed by atoms with Crippen LogP contribution in [-0.4, -0.2) is 5.92 Å². The largest absolute Gasteiger partial charge is 0.360 e. The molecule has 0 heterocycles. The van der Waals surface area contributed by atoms with Crippen LogP contribution in [0.3, 0.4) is 0 Å². The van der Waals surface area contributed by atoms with Gasteiger partial charge in [-0.05, 0) is 0 Å². The van der Waals surface area contributed by atoms with Gasteiger partial charge in [0.2, 0.25) is 11.7 Å². The van der Waals surface area contributed by atoms with E-state index in [4.69, 9.17) is 0 Å². The van der Waals surface area contributed by atoms with E-state index >= 15 is 0 Å². The summed E-state index contributed by atoms with van der Waals surface area (Å²) >= 11 is 0. The number of alkyl halides is 2. The lowest BCUT2D eigenvalue weighted by Crippen LogP contribution is -2.19. The van der Waals surface area contributed by atoms with E-state index in [1.807, 2.05) is 0 Å². The van der Waals surface area contributed by atoms with Crippen molar-refractivity contribution in [1.82, 2.24) is 0 Å². The fourth-order valence-electron chi connectivity index (χ4n) is 0.334. The molecule has 0 unspecified atom stereocenters. The van der Waals surface area contributed by atoms with Crippen molar-refractivity contribution in [3.05, 3.63) is 23.8 Å². The summed E-state index contributed by atoms with van der Waals surface area (Å²) in [5, 5.41) is 0. The van der Waals surface area contributed by atoms with Crippen LogP contribution >= 0.6 is 0 Å². The summed E-state index contributed by atoms with van der Waals surface area (Å²) in [7, 11) is 0. The fourth-order valence-corrected chi connectivity index (χ4v) is 0.334. The van der Waals surface area contributed by atoms with Crippen molar-refractivity contribution in [2.24, 2.45) is 0 Å². The zero-order chi connectivity index (χ0) is 10.8. The van der Waals surface area contributed by atoms with Crippen LogP contribution < -0.4 is 0 Å². The first-order valence-electron chi connectivity index (χ1n) is 2.51. The average Bonchev–Trinajstić information content (AvgIpc) is 2.01. The Morgan fingerprint density at radius 2 is 0.846 bits per heavy atom. The third kappa shape index (κ3) is 2.43. The number of hydrogen-bond acceptors (Lipinski definition) is 0. The zero-order valence-corrected chi connectivity index (χ0v) is 5.52. The lowest BCUT2D eigenvalue weighted by molar-refractivity contribution is 0.0192. The van der Waals surface area contributed by atoms with Crippen molar-refractivity contribution in [2.45, 2.75) is 5.92 Å². The molecule has 0 rings (SSSR count). The molecule has 0 saturated carbocycles. The van der Waals surface area contributed by atoms with Crippen molar-refractivity contribution in [2.75, 3.05) is 0 Å². The van der Waals surface area contributed by atoms with E-state index in [2.05, 4.69) is 0 Å². The molecule has 0 N–H and O–H groups in total. The third-order valence-electron chi connectivity index (χ3n) is 0.883. The van der Waals surface area contributed by atoms with Crippen LogP contribution in [0.15, 0.2) is 23.8 Å². The fraction of sp³-hybridized carbons (Fsp3) is 0.200. The number of allylic oxidation sites excluding steroid dienone is 2. The van der Waals surface area contributed by atoms with Crippen LogP contribution in [0, 0.1) is 0 Å². The summed E-state index contributed by atoms with van der Waals surface area (Å²) in [5.74, 6) is -12.7. The molecule has 0 aromatic rings. The minimum absolute atomic E-state index is 3.53. The first-order chi connectivity index (χ1) is 5.71. The first-order valence-corrected chi connectivity index (χ1v) is 2.51. The Kier molecular flexibility index (Phi) is 3.44. The summed E-state index contributed by atoms with van der Waals surface area (Å²) in [6, 6.07) is 0. The van der Waals surface area contributed by atoms with Crippen LogP contribution in [0.2, 0.25) is 0 Å². The molecular weight excluding hydrogens is 212 g/mol. The van der Waals surface area contributed by atoms with Gasteiger partial charge in [0.15, 0.2) is 0 Å². The Bertz CT molecular complexity index is 228. The molecule has 8 heteroatoms. The molecule has 13 heavy (non-hydrogen) atoms. The quantitative estimate of drug-likeness (QED) is 0.611. The lowest BCUT2D eigenvalue weighted by Gasteiger charge is -2.09. The maximum atomic E-state index is 11.9. The van der Waals surface area contributed by atoms with Gasteiger partial charge in [-0.25, -0.2) is 0 Å². The van der Waals surface area contributed by atoms with Gasteiger partial charge in [-0.1, -0.05) is 0 Å². The van der Waals surface area contributed by atoms with E-state index in [1.165, 1.54) is 0 Å². The predicted molar refractivity (Wildman–Crippen MR) is 25.6 cm³/mol. The zero-order valence-electron chi connectivity index (χ0n) is 5.52. The monoisotopic (exact) mass is 212 g/mol. The van der Waals surface area contributed by atoms with E-state index in [0.29, 0.717) is 0 Å². The smallest absolute Gasteiger partial charge is 0.199 e. The van der Waals surface area contributed by atoms with Crippen molar-refractivity contribution in [3.63, 3.8) is 0 Å². The highest BCUT2D eigenvalue weighted by Crippen LogP contribution is 2.38. The summed E-state index contributed by atoms with van der Waals surface area (Å²) in [6.45, 7) is 0. The van der Waals surface area contributed by atoms with Gasteiger partial charge in [-0.3, -0.25) is 0 Å². The van der Waals surface area contributed by atoms with Crippen molar-refractivity contribution < 1.29 is 35.1 Å². The molecule has 0 aromatic heterocycles. The molecule has 0 aliphatic carbocycles. The second-order valence-electron chi connectivity index (χ2n) is 1.72. The van der Waals surface area contributed by atoms with Gasteiger partial charge in [0.05, 0.1) is 0 Å². The van der Waals surface area contributed by atoms with Gasteiger partial charge in [0.1, 0.15) is 0 Å². The van der Waals surface area contributed by atoms with Crippen molar-refractivity contribution in [3.8, 4) is 0 Å². The molecule has 0 fully saturated rings. The van der Waals surface area contributed by atoms with E-state index in [-0.39, 0.29) is 0 Å². The summed E-state index contributed by atoms with van der Waals surface area (Å²) in [5.41, 5.74) is 0. The standard InChI is InChI=1S/C5F8/c6-1(3(8)9)5(12,13)2(7)4(10)11. The molecular formula is C5F8. The second kappa shape index (κ2) is 3.75. The second-order valence-corrected chi connectivity index (χ2v) is 1.72. The summed E-state index contributed by atoms with van der Waals surface area (Å²) in [6.07, 6.45) is -7.11. The molecule has 0 amide bonds. The van der Waals surface area contributed by atoms with Gasteiger partial charge >= 0.3 is 18.1 Å². The van der Waals surface area contributed by atoms with Crippen molar-refractivity contribution in [1.29, 1.82) is 0 Å². The normalized spacial score (nSPS) is 11.1. The van der Waals surface area contributed by atoms with Gasteiger partial charge < -0.3 is 0 Å². The molecule has 0 bridgehead atoms. The summed E-state index contributed by atoms with van der Waals surface area (Å²) < 4.78 is 91.7. The maximum Gasteiger partial charge on any atom is 0.360 e. The highest BCUT2D eigenvalue weighted by atomic mass is 19.3. The first kappa shape index (κ1) is 11.9. The summed E-state index contributed by atoms with van der Waals surface area (Å²) in [4.78, 5) is 0. The van der Waals surface area contributed by atoms with Crippen LogP contribution in [0.4, 0.5) is 35.1 Å². The van der Waals surface area contributed by atoms with Gasteiger partial charge in [-0.2, -0.15) is 35.1 Å². The molecule has 0 aliphatic heterocycles. The van der Waals surface area contributed by atoms with E-state index in [1.54, 1.807) is 0 Å². The topological polar surface area (TPSA) is 0 Å². The molecule has 0 spiro atoms. The van der Waals surface area contributed by atoms with E-state index in [9.17, 15) is 35.1 Å². The Labute approximate surface area is 66.1 Å². The molecule has 76 valence electrons. The minimum Gasteiger partial charge on any atom is -0.199 e. The average molecular weight is 212 g/mol. The highest BCUT2D eigenvalue weighted by Gasteiger charge is 2.47. The van der Waals surface area contributed by atoms with E-state index in [0.717, 1.165) is 0 Å². The van der Waals surface area contributed by atoms with Gasteiger partial charge in [0.25, 0.3) is 0 Å². The van der Waals surface area contributed by atoms with Crippen LogP contribution in [0.5, 0.6) is 0 Å². The molecule has 0 aliphatic rings. The Morgan fingerprint density at radius 3 is 1.00 bits per heavy atom. The Morgan fingerprint density at radius 1 is 0.615 bits per heavy atom. The number of hydrogen-bond donors (Lipinski definition) is 0. The molecule has 0 aromatic carbocycles. The lowest BCUT2D eigenvalue weighted by atomic mass is 10.3. The number of halogens is 8. The van der Waals surface area contributed by atoms with Gasteiger partial charge in [0, 0.05) is 0 Å². The highest BCUT2D eigenvalue weighted by molar-refractivity contribution is 5.20. The third-order valence-corrected chi connectivity index (χ3v) is 0.883. The SMILES string of the molecule is FC(F)=C(F)C(F)(F)C(F)=C(F)F. The van der Waals surface area contributed by atoms with Gasteiger partial charge in [-0.15, -0.1) is 0 Å². The van der Waals surface area contributed by atoms with Crippen LogP contribution in [0.1, 0.15) is 0 Å². The minimum atomic E-state index is -5.61. The predicted octanol–water partition coefficient (Wildman–Crippen LogP) is 3.78. The molecule has 0 saturated heterocycles. The van der Waals surface area contributed by atoms with Crippen LogP contribution in [-0.2, 0) is 0 Å². The Hall–Kier alpha value is -1.08. The molecule has 0 radical (unpaired) electrons. The number of rotatable bonds is 2. The maximum absolute atomic E-state index is 11.9. The van der Waals surface area contributed by atoms with Crippen molar-refractivity contribution >= 4 is 0 Å². The van der Waals surface area contributed by atoms with E-state index < -0.39 is 29.7 Å². The molecule has 0 atom stereocenters.